The van der Waals surface area contributed by atoms with Crippen molar-refractivity contribution in [2.24, 2.45) is 0 Å². The van der Waals surface area contributed by atoms with Gasteiger partial charge in [-0.2, -0.15) is 0 Å². The second kappa shape index (κ2) is 6.36. The average Bonchev–Trinajstić information content (AvgIpc) is 2.94. The van der Waals surface area contributed by atoms with Gasteiger partial charge in [-0.05, 0) is 24.0 Å². The van der Waals surface area contributed by atoms with Gasteiger partial charge in [-0.25, -0.2) is 4.98 Å². The van der Waals surface area contributed by atoms with Gasteiger partial charge in [-0.15, -0.1) is 0 Å². The molecule has 0 aliphatic heterocycles. The molecule has 1 aromatic heterocycles. The van der Waals surface area contributed by atoms with Crippen LogP contribution in [0.5, 0.6) is 0 Å². The molecule has 0 amide bonds. The molecule has 1 atom stereocenters. The Bertz CT molecular complexity index is 445. The Hall–Kier alpha value is -1.61. The van der Waals surface area contributed by atoms with Gasteiger partial charge >= 0.3 is 0 Å². The zero-order valence-corrected chi connectivity index (χ0v) is 11.1. The summed E-state index contributed by atoms with van der Waals surface area (Å²) in [6, 6.07) is 9.09. The fourth-order valence-corrected chi connectivity index (χ4v) is 2.04. The van der Waals surface area contributed by atoms with E-state index < -0.39 is 0 Å². The zero-order chi connectivity index (χ0) is 12.8. The summed E-state index contributed by atoms with van der Waals surface area (Å²) in [4.78, 5) is 7.48. The molecule has 1 aromatic carbocycles. The number of benzene rings is 1. The molecule has 0 fully saturated rings. The number of nitrogens with one attached hydrogen (secondary N) is 2. The predicted octanol–water partition coefficient (Wildman–Crippen LogP) is 3.21. The van der Waals surface area contributed by atoms with Crippen molar-refractivity contribution in [2.45, 2.75) is 39.3 Å². The van der Waals surface area contributed by atoms with Gasteiger partial charge < -0.3 is 10.3 Å². The lowest BCUT2D eigenvalue weighted by molar-refractivity contribution is 0.498. The van der Waals surface area contributed by atoms with Gasteiger partial charge in [0, 0.05) is 18.9 Å². The number of rotatable bonds is 6. The van der Waals surface area contributed by atoms with E-state index in [1.807, 2.05) is 6.20 Å². The van der Waals surface area contributed by atoms with Crippen LogP contribution in [0, 0.1) is 0 Å². The number of aromatic amines is 1. The summed E-state index contributed by atoms with van der Waals surface area (Å²) in [5.74, 6) is 1.02. The molecule has 0 aliphatic rings. The lowest BCUT2D eigenvalue weighted by atomic mass is 10.1. The van der Waals surface area contributed by atoms with Crippen molar-refractivity contribution in [2.75, 3.05) is 0 Å². The summed E-state index contributed by atoms with van der Waals surface area (Å²) in [5.41, 5.74) is 2.70. The maximum Gasteiger partial charge on any atom is 0.123 e. The van der Waals surface area contributed by atoms with Crippen molar-refractivity contribution in [1.82, 2.24) is 15.3 Å². The molecule has 1 heterocycles. The van der Waals surface area contributed by atoms with Crippen LogP contribution in [0.25, 0.3) is 0 Å². The highest BCUT2D eigenvalue weighted by molar-refractivity contribution is 5.22. The minimum absolute atomic E-state index is 0.297. The van der Waals surface area contributed by atoms with E-state index >= 15 is 0 Å². The van der Waals surface area contributed by atoms with Crippen LogP contribution in [-0.2, 0) is 13.0 Å². The molecule has 2 rings (SSSR count). The van der Waals surface area contributed by atoms with Crippen molar-refractivity contribution in [1.29, 1.82) is 0 Å². The van der Waals surface area contributed by atoms with Crippen molar-refractivity contribution < 1.29 is 0 Å². The Kier molecular flexibility index (Phi) is 4.53. The van der Waals surface area contributed by atoms with E-state index in [-0.39, 0.29) is 0 Å². The second-order valence-electron chi connectivity index (χ2n) is 4.49. The third-order valence-electron chi connectivity index (χ3n) is 3.24. The number of H-pyrrole nitrogens is 1. The normalized spacial score (nSPS) is 12.6. The van der Waals surface area contributed by atoms with Gasteiger partial charge in [-0.1, -0.05) is 38.1 Å². The first kappa shape index (κ1) is 12.8. The van der Waals surface area contributed by atoms with E-state index in [1.165, 1.54) is 11.1 Å². The summed E-state index contributed by atoms with van der Waals surface area (Å²) >= 11 is 0. The van der Waals surface area contributed by atoms with Crippen LogP contribution in [0.2, 0.25) is 0 Å². The van der Waals surface area contributed by atoms with E-state index in [2.05, 4.69) is 53.4 Å². The predicted molar refractivity (Wildman–Crippen MR) is 74.3 cm³/mol. The minimum Gasteiger partial charge on any atom is -0.347 e. The largest absolute Gasteiger partial charge is 0.347 e. The highest BCUT2D eigenvalue weighted by atomic mass is 15.0. The topological polar surface area (TPSA) is 40.7 Å². The SMILES string of the molecule is CCc1ccc(CNC(CC)c2ncc[nH]2)cc1. The van der Waals surface area contributed by atoms with E-state index in [0.717, 1.165) is 25.2 Å². The standard InChI is InChI=1S/C15H21N3/c1-3-12-5-7-13(8-6-12)11-18-14(4-2)15-16-9-10-17-15/h5-10,14,18H,3-4,11H2,1-2H3,(H,16,17). The van der Waals surface area contributed by atoms with E-state index in [1.54, 1.807) is 6.20 Å². The van der Waals surface area contributed by atoms with Crippen molar-refractivity contribution >= 4 is 0 Å². The van der Waals surface area contributed by atoms with Crippen molar-refractivity contribution in [3.8, 4) is 0 Å². The van der Waals surface area contributed by atoms with E-state index in [9.17, 15) is 0 Å². The number of hydrogen-bond donors (Lipinski definition) is 2. The summed E-state index contributed by atoms with van der Waals surface area (Å²) in [6.45, 7) is 5.22. The van der Waals surface area contributed by atoms with Crippen molar-refractivity contribution in [3.05, 3.63) is 53.6 Å². The van der Waals surface area contributed by atoms with Gasteiger partial charge in [0.2, 0.25) is 0 Å². The molecule has 0 radical (unpaired) electrons. The molecule has 0 bridgehead atoms. The molecule has 0 saturated carbocycles. The third kappa shape index (κ3) is 3.20. The van der Waals surface area contributed by atoms with Gasteiger partial charge in [-0.3, -0.25) is 0 Å². The van der Waals surface area contributed by atoms with Crippen LogP contribution in [0.1, 0.15) is 43.3 Å². The molecule has 2 aromatic rings. The molecule has 0 aliphatic carbocycles. The quantitative estimate of drug-likeness (QED) is 0.818. The molecule has 3 nitrogen and oxygen atoms in total. The molecule has 96 valence electrons. The fourth-order valence-electron chi connectivity index (χ4n) is 2.04. The molecule has 2 N–H and O–H groups in total. The van der Waals surface area contributed by atoms with E-state index in [4.69, 9.17) is 0 Å². The molecular formula is C15H21N3. The number of nitrogens with zero attached hydrogens (tertiary/aromatic N) is 1. The lowest BCUT2D eigenvalue weighted by Crippen LogP contribution is -2.21. The summed E-state index contributed by atoms with van der Waals surface area (Å²) in [7, 11) is 0. The Morgan fingerprint density at radius 1 is 1.17 bits per heavy atom. The maximum absolute atomic E-state index is 4.31. The summed E-state index contributed by atoms with van der Waals surface area (Å²) < 4.78 is 0. The van der Waals surface area contributed by atoms with Crippen molar-refractivity contribution in [3.63, 3.8) is 0 Å². The molecule has 1 unspecified atom stereocenters. The maximum atomic E-state index is 4.31. The molecule has 0 spiro atoms. The minimum atomic E-state index is 0.297. The third-order valence-corrected chi connectivity index (χ3v) is 3.24. The number of imidazole rings is 1. The van der Waals surface area contributed by atoms with Gasteiger partial charge in [0.25, 0.3) is 0 Å². The first-order valence-corrected chi connectivity index (χ1v) is 6.64. The Balaban J connectivity index is 1.93. The number of aromatic nitrogens is 2. The molecule has 18 heavy (non-hydrogen) atoms. The molecular weight excluding hydrogens is 222 g/mol. The second-order valence-corrected chi connectivity index (χ2v) is 4.49. The van der Waals surface area contributed by atoms with Gasteiger partial charge in [0.1, 0.15) is 5.82 Å². The first-order chi connectivity index (χ1) is 8.83. The highest BCUT2D eigenvalue weighted by Gasteiger charge is 2.10. The number of hydrogen-bond acceptors (Lipinski definition) is 2. The number of aryl methyl sites for hydroxylation is 1. The van der Waals surface area contributed by atoms with Crippen LogP contribution >= 0.6 is 0 Å². The Labute approximate surface area is 109 Å². The van der Waals surface area contributed by atoms with Crippen LogP contribution in [-0.4, -0.2) is 9.97 Å². The molecule has 0 saturated heterocycles. The van der Waals surface area contributed by atoms with Crippen LogP contribution in [0.15, 0.2) is 36.7 Å². The lowest BCUT2D eigenvalue weighted by Gasteiger charge is -2.14. The zero-order valence-electron chi connectivity index (χ0n) is 11.1. The smallest absolute Gasteiger partial charge is 0.123 e. The monoisotopic (exact) mass is 243 g/mol. The van der Waals surface area contributed by atoms with Gasteiger partial charge in [0.15, 0.2) is 0 Å². The first-order valence-electron chi connectivity index (χ1n) is 6.64. The van der Waals surface area contributed by atoms with Crippen LogP contribution in [0.4, 0.5) is 0 Å². The highest BCUT2D eigenvalue weighted by Crippen LogP contribution is 2.13. The fraction of sp³-hybridized carbons (Fsp3) is 0.400. The Morgan fingerprint density at radius 3 is 2.44 bits per heavy atom. The summed E-state index contributed by atoms with van der Waals surface area (Å²) in [5, 5.41) is 3.53. The van der Waals surface area contributed by atoms with E-state index in [0.29, 0.717) is 6.04 Å². The molecule has 3 heteroatoms. The van der Waals surface area contributed by atoms with Crippen LogP contribution in [0.3, 0.4) is 0 Å². The average molecular weight is 243 g/mol. The van der Waals surface area contributed by atoms with Crippen LogP contribution < -0.4 is 5.32 Å². The Morgan fingerprint density at radius 2 is 1.89 bits per heavy atom. The van der Waals surface area contributed by atoms with Gasteiger partial charge in [0.05, 0.1) is 6.04 Å². The summed E-state index contributed by atoms with van der Waals surface area (Å²) in [6.07, 6.45) is 5.80.